The Labute approximate surface area is 108 Å². The van der Waals surface area contributed by atoms with Gasteiger partial charge < -0.3 is 14.2 Å². The first-order valence-corrected chi connectivity index (χ1v) is 5.48. The molecule has 1 fully saturated rings. The Bertz CT molecular complexity index is 364. The highest BCUT2D eigenvalue weighted by Crippen LogP contribution is 2.12. The van der Waals surface area contributed by atoms with E-state index >= 15 is 0 Å². The smallest absolute Gasteiger partial charge is 0.426 e. The summed E-state index contributed by atoms with van der Waals surface area (Å²) in [6, 6.07) is 0. The zero-order chi connectivity index (χ0) is 14.3. The minimum atomic E-state index is -1.31. The van der Waals surface area contributed by atoms with Gasteiger partial charge in [-0.3, -0.25) is 14.4 Å². The number of esters is 1. The number of hydrogen-bond acceptors (Lipinski definition) is 8. The quantitative estimate of drug-likeness (QED) is 0.370. The van der Waals surface area contributed by atoms with Crippen LogP contribution in [0.1, 0.15) is 19.8 Å². The van der Waals surface area contributed by atoms with Gasteiger partial charge in [-0.1, -0.05) is 5.06 Å². The molecule has 1 rings (SSSR count). The molecule has 0 bridgehead atoms. The Morgan fingerprint density at radius 1 is 1.16 bits per heavy atom. The maximum atomic E-state index is 11.1. The summed E-state index contributed by atoms with van der Waals surface area (Å²) in [4.78, 5) is 48.5. The molecule has 0 N–H and O–H groups in total. The number of amides is 2. The Hall–Kier alpha value is -2.16. The van der Waals surface area contributed by atoms with Crippen LogP contribution in [0, 0.1) is 0 Å². The first kappa shape index (κ1) is 14.9. The summed E-state index contributed by atoms with van der Waals surface area (Å²) in [5, 5.41) is 0.324. The zero-order valence-corrected chi connectivity index (χ0v) is 10.2. The van der Waals surface area contributed by atoms with E-state index in [0.717, 1.165) is 0 Å². The van der Waals surface area contributed by atoms with Crippen LogP contribution in [0.5, 0.6) is 0 Å². The van der Waals surface area contributed by atoms with Crippen molar-refractivity contribution in [3.63, 3.8) is 0 Å². The minimum absolute atomic E-state index is 0.0184. The lowest BCUT2D eigenvalue weighted by molar-refractivity contribution is -0.183. The van der Waals surface area contributed by atoms with Crippen molar-refractivity contribution in [2.24, 2.45) is 0 Å². The van der Waals surface area contributed by atoms with Gasteiger partial charge in [-0.15, -0.1) is 0 Å². The molecule has 0 spiro atoms. The van der Waals surface area contributed by atoms with Gasteiger partial charge in [-0.2, -0.15) is 0 Å². The van der Waals surface area contributed by atoms with Crippen LogP contribution in [0.25, 0.3) is 0 Å². The fourth-order valence-electron chi connectivity index (χ4n) is 1.13. The predicted molar refractivity (Wildman–Crippen MR) is 56.1 cm³/mol. The molecule has 1 heterocycles. The van der Waals surface area contributed by atoms with E-state index in [0.29, 0.717) is 11.7 Å². The van der Waals surface area contributed by atoms with Crippen LogP contribution in [0.2, 0.25) is 0 Å². The number of hydroxylamine groups is 2. The molecular formula is C10H13NO8. The zero-order valence-electron chi connectivity index (χ0n) is 10.2. The molecular weight excluding hydrogens is 262 g/mol. The summed E-state index contributed by atoms with van der Waals surface area (Å²) in [6.07, 6.45) is -1.35. The van der Waals surface area contributed by atoms with E-state index in [9.17, 15) is 19.2 Å². The van der Waals surface area contributed by atoms with Crippen LogP contribution in [0.4, 0.5) is 4.79 Å². The maximum Gasteiger partial charge on any atom is 0.536 e. The molecule has 0 saturated carbocycles. The monoisotopic (exact) mass is 275 g/mol. The van der Waals surface area contributed by atoms with Gasteiger partial charge in [-0.25, -0.2) is 9.59 Å². The summed E-state index contributed by atoms with van der Waals surface area (Å²) >= 11 is 0. The van der Waals surface area contributed by atoms with Crippen LogP contribution >= 0.6 is 0 Å². The van der Waals surface area contributed by atoms with Crippen molar-refractivity contribution in [1.82, 2.24) is 5.06 Å². The van der Waals surface area contributed by atoms with Gasteiger partial charge in [0.15, 0.2) is 0 Å². The summed E-state index contributed by atoms with van der Waals surface area (Å²) in [5.74, 6) is -1.98. The lowest BCUT2D eigenvalue weighted by Crippen LogP contribution is -2.32. The fraction of sp³-hybridized carbons (Fsp3) is 0.600. The van der Waals surface area contributed by atoms with E-state index in [-0.39, 0.29) is 19.4 Å². The van der Waals surface area contributed by atoms with Crippen molar-refractivity contribution >= 4 is 23.9 Å². The number of carbonyl (C=O) groups is 4. The van der Waals surface area contributed by atoms with Crippen molar-refractivity contribution in [3.05, 3.63) is 0 Å². The third kappa shape index (κ3) is 4.92. The normalized spacial score (nSPS) is 14.5. The average molecular weight is 275 g/mol. The fourth-order valence-corrected chi connectivity index (χ4v) is 1.13. The largest absolute Gasteiger partial charge is 0.536 e. The molecule has 0 unspecified atom stereocenters. The lowest BCUT2D eigenvalue weighted by atomic mass is 10.4. The standard InChI is InChI=1S/C10H13NO8/c1-2-16-5-9(14)17-6-18-10(15)19-11-7(12)3-4-8(11)13/h2-6H2,1H3. The highest BCUT2D eigenvalue weighted by atomic mass is 16.9. The topological polar surface area (TPSA) is 108 Å². The molecule has 9 nitrogen and oxygen atoms in total. The number of hydrogen-bond donors (Lipinski definition) is 0. The molecule has 106 valence electrons. The van der Waals surface area contributed by atoms with Gasteiger partial charge in [0.25, 0.3) is 11.8 Å². The average Bonchev–Trinajstić information content (AvgIpc) is 2.68. The second kappa shape index (κ2) is 7.31. The van der Waals surface area contributed by atoms with E-state index in [1.165, 1.54) is 0 Å². The van der Waals surface area contributed by atoms with Crippen molar-refractivity contribution < 1.29 is 38.2 Å². The number of nitrogens with zero attached hydrogens (tertiary/aromatic N) is 1. The van der Waals surface area contributed by atoms with Crippen LogP contribution in [0.3, 0.4) is 0 Å². The van der Waals surface area contributed by atoms with Gasteiger partial charge in [0.2, 0.25) is 6.79 Å². The highest BCUT2D eigenvalue weighted by molar-refractivity contribution is 6.01. The lowest BCUT2D eigenvalue weighted by Gasteiger charge is -2.12. The molecule has 0 atom stereocenters. The van der Waals surface area contributed by atoms with E-state index < -0.39 is 30.7 Å². The van der Waals surface area contributed by atoms with Crippen molar-refractivity contribution in [1.29, 1.82) is 0 Å². The number of carbonyl (C=O) groups excluding carboxylic acids is 4. The summed E-state index contributed by atoms with van der Waals surface area (Å²) in [6.45, 7) is 1.08. The molecule has 0 radical (unpaired) electrons. The maximum absolute atomic E-state index is 11.1. The summed E-state index contributed by atoms with van der Waals surface area (Å²) in [5.41, 5.74) is 0. The molecule has 1 aliphatic heterocycles. The van der Waals surface area contributed by atoms with Gasteiger partial charge in [0, 0.05) is 19.4 Å². The van der Waals surface area contributed by atoms with Crippen molar-refractivity contribution in [2.75, 3.05) is 20.0 Å². The van der Waals surface area contributed by atoms with Gasteiger partial charge in [0.1, 0.15) is 6.61 Å². The number of ether oxygens (including phenoxy) is 3. The highest BCUT2D eigenvalue weighted by Gasteiger charge is 2.33. The molecule has 1 aliphatic rings. The minimum Gasteiger partial charge on any atom is -0.426 e. The number of imide groups is 1. The molecule has 0 aromatic heterocycles. The third-order valence-electron chi connectivity index (χ3n) is 1.99. The van der Waals surface area contributed by atoms with Crippen molar-refractivity contribution in [2.45, 2.75) is 19.8 Å². The summed E-state index contributed by atoms with van der Waals surface area (Å²) in [7, 11) is 0. The van der Waals surface area contributed by atoms with E-state index in [1.807, 2.05) is 0 Å². The molecule has 19 heavy (non-hydrogen) atoms. The Morgan fingerprint density at radius 2 is 1.79 bits per heavy atom. The first-order chi connectivity index (χ1) is 9.04. The SMILES string of the molecule is CCOCC(=O)OCOC(=O)ON1C(=O)CCC1=O. The molecule has 1 saturated heterocycles. The second-order valence-electron chi connectivity index (χ2n) is 3.34. The second-order valence-corrected chi connectivity index (χ2v) is 3.34. The summed E-state index contributed by atoms with van der Waals surface area (Å²) < 4.78 is 13.5. The van der Waals surface area contributed by atoms with Gasteiger partial charge >= 0.3 is 12.1 Å². The van der Waals surface area contributed by atoms with Gasteiger partial charge in [0.05, 0.1) is 0 Å². The third-order valence-corrected chi connectivity index (χ3v) is 1.99. The van der Waals surface area contributed by atoms with E-state index in [1.54, 1.807) is 6.92 Å². The predicted octanol–water partition coefficient (Wildman–Crippen LogP) is -0.259. The Kier molecular flexibility index (Phi) is 5.73. The first-order valence-electron chi connectivity index (χ1n) is 5.48. The van der Waals surface area contributed by atoms with E-state index in [2.05, 4.69) is 14.3 Å². The number of rotatable bonds is 6. The van der Waals surface area contributed by atoms with Crippen LogP contribution < -0.4 is 0 Å². The Morgan fingerprint density at radius 3 is 2.37 bits per heavy atom. The van der Waals surface area contributed by atoms with Crippen LogP contribution in [-0.4, -0.2) is 49.0 Å². The molecule has 2 amide bonds. The molecule has 9 heteroatoms. The molecule has 0 aromatic carbocycles. The molecule has 0 aromatic rings. The van der Waals surface area contributed by atoms with Crippen LogP contribution in [0.15, 0.2) is 0 Å². The van der Waals surface area contributed by atoms with E-state index in [4.69, 9.17) is 4.74 Å². The van der Waals surface area contributed by atoms with Crippen LogP contribution in [-0.2, 0) is 33.4 Å². The van der Waals surface area contributed by atoms with Gasteiger partial charge in [-0.05, 0) is 6.92 Å². The molecule has 0 aliphatic carbocycles. The Balaban J connectivity index is 2.19. The van der Waals surface area contributed by atoms with Crippen molar-refractivity contribution in [3.8, 4) is 0 Å².